The quantitative estimate of drug-likeness (QED) is 0.489. The van der Waals surface area contributed by atoms with E-state index in [1.54, 1.807) is 6.07 Å². The molecule has 0 aromatic heterocycles. The molecule has 6 nitrogen and oxygen atoms in total. The van der Waals surface area contributed by atoms with Crippen LogP contribution < -0.4 is 5.32 Å². The highest BCUT2D eigenvalue weighted by molar-refractivity contribution is 14.1. The third-order valence-electron chi connectivity index (χ3n) is 3.69. The van der Waals surface area contributed by atoms with Crippen LogP contribution in [0.1, 0.15) is 30.6 Å². The fraction of sp³-hybridized carbons (Fsp3) is 0.462. The number of halogens is 1. The van der Waals surface area contributed by atoms with Crippen LogP contribution in [0.5, 0.6) is 0 Å². The second-order valence-corrected chi connectivity index (χ2v) is 6.22. The van der Waals surface area contributed by atoms with Crippen LogP contribution in [0.15, 0.2) is 18.2 Å². The Balaban J connectivity index is 2.25. The van der Waals surface area contributed by atoms with E-state index < -0.39 is 10.5 Å². The summed E-state index contributed by atoms with van der Waals surface area (Å²) in [5, 5.41) is 13.7. The number of ether oxygens (including phenoxy) is 1. The van der Waals surface area contributed by atoms with Crippen molar-refractivity contribution >= 4 is 34.2 Å². The number of hydrogen-bond donors (Lipinski definition) is 1. The maximum absolute atomic E-state index is 12.4. The van der Waals surface area contributed by atoms with Gasteiger partial charge in [-0.05, 0) is 48.9 Å². The second-order valence-electron chi connectivity index (χ2n) is 5.06. The van der Waals surface area contributed by atoms with Crippen molar-refractivity contribution in [1.82, 2.24) is 5.32 Å². The summed E-state index contributed by atoms with van der Waals surface area (Å²) < 4.78 is 6.15. The van der Waals surface area contributed by atoms with E-state index in [2.05, 4.69) is 5.32 Å². The summed E-state index contributed by atoms with van der Waals surface area (Å²) in [6.07, 6.45) is 0.647. The number of nitro groups is 1. The Hall–Kier alpha value is -1.22. The lowest BCUT2D eigenvalue weighted by atomic mass is 9.94. The number of amides is 1. The first-order valence-corrected chi connectivity index (χ1v) is 7.29. The number of carbonyl (C=O) groups is 1. The van der Waals surface area contributed by atoms with Crippen LogP contribution in [0.25, 0.3) is 0 Å². The Morgan fingerprint density at radius 2 is 2.30 bits per heavy atom. The molecular weight excluding hydrogens is 375 g/mol. The van der Waals surface area contributed by atoms with Crippen LogP contribution in [0.2, 0.25) is 0 Å². The topological polar surface area (TPSA) is 81.5 Å². The highest BCUT2D eigenvalue weighted by atomic mass is 127. The largest absolute Gasteiger partial charge is 0.376 e. The minimum atomic E-state index is -0.504. The zero-order valence-corrected chi connectivity index (χ0v) is 13.3. The molecule has 2 rings (SSSR count). The van der Waals surface area contributed by atoms with E-state index in [1.165, 1.54) is 12.1 Å². The van der Waals surface area contributed by atoms with Crippen molar-refractivity contribution in [2.75, 3.05) is 6.61 Å². The number of benzene rings is 1. The monoisotopic (exact) mass is 390 g/mol. The normalized spacial score (nSPS) is 25.4. The van der Waals surface area contributed by atoms with Crippen molar-refractivity contribution < 1.29 is 14.5 Å². The summed E-state index contributed by atoms with van der Waals surface area (Å²) in [4.78, 5) is 22.6. The fourth-order valence-corrected chi connectivity index (χ4v) is 2.71. The molecule has 1 heterocycles. The molecule has 0 radical (unpaired) electrons. The Bertz CT molecular complexity index is 563. The van der Waals surface area contributed by atoms with Crippen LogP contribution in [0, 0.1) is 13.7 Å². The molecule has 1 aliphatic heterocycles. The summed E-state index contributed by atoms with van der Waals surface area (Å²) in [6, 6.07) is 4.27. The van der Waals surface area contributed by atoms with Crippen molar-refractivity contribution in [2.24, 2.45) is 0 Å². The van der Waals surface area contributed by atoms with Gasteiger partial charge in [-0.15, -0.1) is 0 Å². The van der Waals surface area contributed by atoms with Gasteiger partial charge in [0, 0.05) is 22.3 Å². The molecule has 7 heteroatoms. The van der Waals surface area contributed by atoms with Gasteiger partial charge in [0.05, 0.1) is 22.1 Å². The van der Waals surface area contributed by atoms with Gasteiger partial charge in [-0.3, -0.25) is 14.9 Å². The van der Waals surface area contributed by atoms with Gasteiger partial charge in [-0.2, -0.15) is 0 Å². The van der Waals surface area contributed by atoms with Gasteiger partial charge >= 0.3 is 0 Å². The molecule has 1 aromatic rings. The van der Waals surface area contributed by atoms with Gasteiger partial charge in [0.1, 0.15) is 0 Å². The average molecular weight is 390 g/mol. The number of nitrogens with zero attached hydrogens (tertiary/aromatic N) is 1. The SMILES string of the molecule is CC1OCCC1(C)NC(=O)c1cc([N+](=O)[O-])ccc1I. The van der Waals surface area contributed by atoms with E-state index >= 15 is 0 Å². The van der Waals surface area contributed by atoms with Gasteiger partial charge in [0.2, 0.25) is 0 Å². The van der Waals surface area contributed by atoms with E-state index in [4.69, 9.17) is 4.74 Å². The highest BCUT2D eigenvalue weighted by Crippen LogP contribution is 2.26. The highest BCUT2D eigenvalue weighted by Gasteiger charge is 2.38. The Morgan fingerprint density at radius 3 is 2.85 bits per heavy atom. The third-order valence-corrected chi connectivity index (χ3v) is 4.63. The summed E-state index contributed by atoms with van der Waals surface area (Å²) in [7, 11) is 0. The number of nitrogens with one attached hydrogen (secondary N) is 1. The molecule has 0 bridgehead atoms. The average Bonchev–Trinajstić information content (AvgIpc) is 2.69. The molecule has 2 atom stereocenters. The van der Waals surface area contributed by atoms with Crippen LogP contribution in [-0.2, 0) is 4.74 Å². The molecular formula is C13H15IN2O4. The Morgan fingerprint density at radius 1 is 1.60 bits per heavy atom. The zero-order valence-electron chi connectivity index (χ0n) is 11.2. The van der Waals surface area contributed by atoms with E-state index in [0.29, 0.717) is 15.7 Å². The van der Waals surface area contributed by atoms with Crippen LogP contribution >= 0.6 is 22.6 Å². The van der Waals surface area contributed by atoms with Gasteiger partial charge in [0.25, 0.3) is 11.6 Å². The molecule has 108 valence electrons. The van der Waals surface area contributed by atoms with Gasteiger partial charge in [-0.1, -0.05) is 0 Å². The molecule has 1 saturated heterocycles. The third kappa shape index (κ3) is 2.93. The molecule has 1 aliphatic rings. The van der Waals surface area contributed by atoms with Crippen molar-refractivity contribution in [1.29, 1.82) is 0 Å². The number of rotatable bonds is 3. The van der Waals surface area contributed by atoms with Crippen LogP contribution in [0.3, 0.4) is 0 Å². The molecule has 0 saturated carbocycles. The maximum atomic E-state index is 12.4. The smallest absolute Gasteiger partial charge is 0.270 e. The maximum Gasteiger partial charge on any atom is 0.270 e. The van der Waals surface area contributed by atoms with Crippen molar-refractivity contribution in [3.05, 3.63) is 37.4 Å². The fourth-order valence-electron chi connectivity index (χ4n) is 2.13. The molecule has 1 fully saturated rings. The molecule has 2 unspecified atom stereocenters. The minimum Gasteiger partial charge on any atom is -0.376 e. The van der Waals surface area contributed by atoms with Gasteiger partial charge in [-0.25, -0.2) is 0 Å². The first-order valence-electron chi connectivity index (χ1n) is 6.21. The van der Waals surface area contributed by atoms with Crippen LogP contribution in [0.4, 0.5) is 5.69 Å². The molecule has 0 aliphatic carbocycles. The second kappa shape index (κ2) is 5.65. The first-order chi connectivity index (χ1) is 9.33. The predicted molar refractivity (Wildman–Crippen MR) is 81.7 cm³/mol. The number of hydrogen-bond acceptors (Lipinski definition) is 4. The lowest BCUT2D eigenvalue weighted by Gasteiger charge is -2.29. The molecule has 20 heavy (non-hydrogen) atoms. The van der Waals surface area contributed by atoms with Gasteiger partial charge in [0.15, 0.2) is 0 Å². The first kappa shape index (κ1) is 15.2. The van der Waals surface area contributed by atoms with Gasteiger partial charge < -0.3 is 10.1 Å². The number of carbonyl (C=O) groups excluding carboxylic acids is 1. The standard InChI is InChI=1S/C13H15IN2O4/c1-8-13(2,5-6-20-8)15-12(17)10-7-9(16(18)19)3-4-11(10)14/h3-4,7-8H,5-6H2,1-2H3,(H,15,17). The van der Waals surface area contributed by atoms with E-state index in [0.717, 1.165) is 6.42 Å². The molecule has 0 spiro atoms. The minimum absolute atomic E-state index is 0.0807. The molecule has 1 N–H and O–H groups in total. The van der Waals surface area contributed by atoms with E-state index in [9.17, 15) is 14.9 Å². The van der Waals surface area contributed by atoms with E-state index in [1.807, 2.05) is 36.4 Å². The number of nitro benzene ring substituents is 1. The lowest BCUT2D eigenvalue weighted by Crippen LogP contribution is -2.50. The van der Waals surface area contributed by atoms with Crippen LogP contribution in [-0.4, -0.2) is 29.1 Å². The molecule has 1 amide bonds. The summed E-state index contributed by atoms with van der Waals surface area (Å²) >= 11 is 2.00. The van der Waals surface area contributed by atoms with E-state index in [-0.39, 0.29) is 17.7 Å². The predicted octanol–water partition coefficient (Wildman–Crippen LogP) is 2.50. The van der Waals surface area contributed by atoms with Crippen molar-refractivity contribution in [3.8, 4) is 0 Å². The lowest BCUT2D eigenvalue weighted by molar-refractivity contribution is -0.384. The van der Waals surface area contributed by atoms with Crippen molar-refractivity contribution in [3.63, 3.8) is 0 Å². The Kier molecular flexibility index (Phi) is 4.28. The zero-order chi connectivity index (χ0) is 14.9. The molecule has 1 aromatic carbocycles. The summed E-state index contributed by atoms with van der Waals surface area (Å²) in [5.74, 6) is -0.307. The summed E-state index contributed by atoms with van der Waals surface area (Å²) in [6.45, 7) is 4.43. The summed E-state index contributed by atoms with van der Waals surface area (Å²) in [5.41, 5.74) is -0.207. The number of non-ortho nitro benzene ring substituents is 1. The Labute approximate surface area is 130 Å². The van der Waals surface area contributed by atoms with Crippen molar-refractivity contribution in [2.45, 2.75) is 31.9 Å².